The van der Waals surface area contributed by atoms with E-state index in [1.54, 1.807) is 0 Å². The maximum absolute atomic E-state index is 11.7. The average molecular weight is 196 g/mol. The van der Waals surface area contributed by atoms with Crippen LogP contribution in [0.25, 0.3) is 0 Å². The van der Waals surface area contributed by atoms with Gasteiger partial charge < -0.3 is 10.6 Å². The van der Waals surface area contributed by atoms with Gasteiger partial charge >= 0.3 is 0 Å². The Labute approximate surface area is 85.6 Å². The van der Waals surface area contributed by atoms with Gasteiger partial charge in [0, 0.05) is 12.0 Å². The summed E-state index contributed by atoms with van der Waals surface area (Å²) in [6.07, 6.45) is 4.46. The summed E-state index contributed by atoms with van der Waals surface area (Å²) < 4.78 is 0. The molecular weight excluding hydrogens is 176 g/mol. The molecule has 2 fully saturated rings. The van der Waals surface area contributed by atoms with Gasteiger partial charge in [-0.25, -0.2) is 0 Å². The molecule has 0 aromatic carbocycles. The monoisotopic (exact) mass is 196 g/mol. The Morgan fingerprint density at radius 2 is 2.14 bits per heavy atom. The van der Waals surface area contributed by atoms with E-state index in [0.29, 0.717) is 23.8 Å². The highest BCUT2D eigenvalue weighted by molar-refractivity contribution is 5.81. The lowest BCUT2D eigenvalue weighted by atomic mass is 10.1. The number of hydrogen-bond acceptors (Lipinski definition) is 2. The largest absolute Gasteiger partial charge is 0.353 e. The van der Waals surface area contributed by atoms with E-state index >= 15 is 0 Å². The highest BCUT2D eigenvalue weighted by Gasteiger charge is 2.41. The average Bonchev–Trinajstić information content (AvgIpc) is 2.98. The van der Waals surface area contributed by atoms with Gasteiger partial charge in [0.15, 0.2) is 0 Å². The van der Waals surface area contributed by atoms with Crippen molar-refractivity contribution in [3.63, 3.8) is 0 Å². The van der Waals surface area contributed by atoms with Crippen LogP contribution in [0, 0.1) is 11.8 Å². The first-order chi connectivity index (χ1) is 6.81. The number of carbonyl (C=O) groups is 1. The predicted octanol–water partition coefficient (Wildman–Crippen LogP) is 0.901. The summed E-state index contributed by atoms with van der Waals surface area (Å²) >= 11 is 0. The van der Waals surface area contributed by atoms with Crippen LogP contribution in [-0.4, -0.2) is 25.0 Å². The van der Waals surface area contributed by atoms with Gasteiger partial charge in [0.2, 0.25) is 5.91 Å². The second-order valence-electron chi connectivity index (χ2n) is 4.54. The molecule has 0 aromatic heterocycles. The quantitative estimate of drug-likeness (QED) is 0.704. The summed E-state index contributed by atoms with van der Waals surface area (Å²) in [5.74, 6) is 1.33. The Balaban J connectivity index is 1.71. The van der Waals surface area contributed by atoms with Gasteiger partial charge in [0.1, 0.15) is 0 Å². The van der Waals surface area contributed by atoms with E-state index in [1.165, 1.54) is 0 Å². The molecule has 3 heteroatoms. The zero-order chi connectivity index (χ0) is 9.97. The predicted molar refractivity (Wildman–Crippen MR) is 55.9 cm³/mol. The van der Waals surface area contributed by atoms with Crippen molar-refractivity contribution < 1.29 is 4.79 Å². The van der Waals surface area contributed by atoms with Crippen LogP contribution < -0.4 is 10.6 Å². The minimum Gasteiger partial charge on any atom is -0.353 e. The van der Waals surface area contributed by atoms with Gasteiger partial charge in [0.05, 0.1) is 0 Å². The summed E-state index contributed by atoms with van der Waals surface area (Å²) in [5, 5.41) is 6.47. The van der Waals surface area contributed by atoms with Crippen LogP contribution in [-0.2, 0) is 4.79 Å². The first kappa shape index (κ1) is 9.97. The lowest BCUT2D eigenvalue weighted by Gasteiger charge is -2.23. The molecule has 2 unspecified atom stereocenters. The number of carbonyl (C=O) groups excluding carboxylic acids is 1. The van der Waals surface area contributed by atoms with Crippen LogP contribution in [0.4, 0.5) is 0 Å². The van der Waals surface area contributed by atoms with E-state index in [0.717, 1.165) is 38.8 Å². The van der Waals surface area contributed by atoms with E-state index < -0.39 is 0 Å². The fraction of sp³-hybridized carbons (Fsp3) is 0.909. The molecule has 0 aromatic rings. The number of nitrogens with one attached hydrogen (secondary N) is 2. The fourth-order valence-electron chi connectivity index (χ4n) is 2.29. The van der Waals surface area contributed by atoms with E-state index in [2.05, 4.69) is 17.6 Å². The first-order valence-corrected chi connectivity index (χ1v) is 5.82. The molecule has 2 atom stereocenters. The van der Waals surface area contributed by atoms with Crippen molar-refractivity contribution >= 4 is 5.91 Å². The molecule has 2 aliphatic rings. The van der Waals surface area contributed by atoms with Crippen molar-refractivity contribution in [2.24, 2.45) is 11.8 Å². The number of piperidine rings is 1. The lowest BCUT2D eigenvalue weighted by molar-refractivity contribution is -0.123. The van der Waals surface area contributed by atoms with Crippen molar-refractivity contribution in [1.29, 1.82) is 0 Å². The SMILES string of the molecule is CCC1CC1C(=O)NC1CCNCC1. The summed E-state index contributed by atoms with van der Waals surface area (Å²) in [5.41, 5.74) is 0. The number of hydrogen-bond donors (Lipinski definition) is 2. The molecule has 3 nitrogen and oxygen atoms in total. The Kier molecular flexibility index (Phi) is 3.06. The Bertz CT molecular complexity index is 211. The van der Waals surface area contributed by atoms with Crippen LogP contribution in [0.15, 0.2) is 0 Å². The molecule has 2 rings (SSSR count). The van der Waals surface area contributed by atoms with Crippen LogP contribution in [0.1, 0.15) is 32.6 Å². The second-order valence-corrected chi connectivity index (χ2v) is 4.54. The third-order valence-corrected chi connectivity index (χ3v) is 3.47. The molecule has 2 N–H and O–H groups in total. The standard InChI is InChI=1S/C11H20N2O/c1-2-8-7-10(8)11(14)13-9-3-5-12-6-4-9/h8-10,12H,2-7H2,1H3,(H,13,14). The number of amides is 1. The topological polar surface area (TPSA) is 41.1 Å². The van der Waals surface area contributed by atoms with Gasteiger partial charge in [0.25, 0.3) is 0 Å². The Hall–Kier alpha value is -0.570. The van der Waals surface area contributed by atoms with Gasteiger partial charge in [-0.05, 0) is 38.3 Å². The third kappa shape index (κ3) is 2.27. The molecule has 80 valence electrons. The minimum absolute atomic E-state index is 0.309. The second kappa shape index (κ2) is 4.30. The van der Waals surface area contributed by atoms with E-state index in [1.807, 2.05) is 0 Å². The fourth-order valence-corrected chi connectivity index (χ4v) is 2.29. The van der Waals surface area contributed by atoms with Gasteiger partial charge in [-0.1, -0.05) is 13.3 Å². The maximum atomic E-state index is 11.7. The molecule has 1 aliphatic heterocycles. The van der Waals surface area contributed by atoms with Crippen LogP contribution in [0.5, 0.6) is 0 Å². The molecule has 1 saturated heterocycles. The molecule has 0 radical (unpaired) electrons. The highest BCUT2D eigenvalue weighted by atomic mass is 16.2. The van der Waals surface area contributed by atoms with Gasteiger partial charge in [-0.15, -0.1) is 0 Å². The first-order valence-electron chi connectivity index (χ1n) is 5.82. The Morgan fingerprint density at radius 3 is 2.71 bits per heavy atom. The van der Waals surface area contributed by atoms with Crippen molar-refractivity contribution in [1.82, 2.24) is 10.6 Å². The van der Waals surface area contributed by atoms with Gasteiger partial charge in [-0.2, -0.15) is 0 Å². The molecular formula is C11H20N2O. The molecule has 0 bridgehead atoms. The van der Waals surface area contributed by atoms with Crippen LogP contribution in [0.3, 0.4) is 0 Å². The zero-order valence-corrected chi connectivity index (χ0v) is 8.88. The normalized spacial score (nSPS) is 32.6. The molecule has 0 spiro atoms. The van der Waals surface area contributed by atoms with E-state index in [-0.39, 0.29) is 0 Å². The molecule has 1 amide bonds. The summed E-state index contributed by atoms with van der Waals surface area (Å²) in [7, 11) is 0. The molecule has 14 heavy (non-hydrogen) atoms. The molecule has 1 aliphatic carbocycles. The van der Waals surface area contributed by atoms with Crippen molar-refractivity contribution in [2.75, 3.05) is 13.1 Å². The zero-order valence-electron chi connectivity index (χ0n) is 8.88. The van der Waals surface area contributed by atoms with Crippen LogP contribution >= 0.6 is 0 Å². The van der Waals surface area contributed by atoms with E-state index in [9.17, 15) is 4.79 Å². The lowest BCUT2D eigenvalue weighted by Crippen LogP contribution is -2.43. The third-order valence-electron chi connectivity index (χ3n) is 3.47. The molecule has 1 saturated carbocycles. The summed E-state index contributed by atoms with van der Waals surface area (Å²) in [6, 6.07) is 0.432. The maximum Gasteiger partial charge on any atom is 0.223 e. The van der Waals surface area contributed by atoms with Crippen molar-refractivity contribution in [3.05, 3.63) is 0 Å². The van der Waals surface area contributed by atoms with Crippen molar-refractivity contribution in [2.45, 2.75) is 38.6 Å². The Morgan fingerprint density at radius 1 is 1.43 bits per heavy atom. The number of rotatable bonds is 3. The minimum atomic E-state index is 0.309. The van der Waals surface area contributed by atoms with Gasteiger partial charge in [-0.3, -0.25) is 4.79 Å². The van der Waals surface area contributed by atoms with Crippen molar-refractivity contribution in [3.8, 4) is 0 Å². The molecule has 1 heterocycles. The summed E-state index contributed by atoms with van der Waals surface area (Å²) in [4.78, 5) is 11.7. The van der Waals surface area contributed by atoms with E-state index in [4.69, 9.17) is 0 Å². The summed E-state index contributed by atoms with van der Waals surface area (Å²) in [6.45, 7) is 4.27. The van der Waals surface area contributed by atoms with Crippen LogP contribution in [0.2, 0.25) is 0 Å². The smallest absolute Gasteiger partial charge is 0.223 e. The highest BCUT2D eigenvalue weighted by Crippen LogP contribution is 2.41.